The second-order valence-corrected chi connectivity index (χ2v) is 9.42. The Balaban J connectivity index is 1.38. The van der Waals surface area contributed by atoms with Crippen molar-refractivity contribution in [3.8, 4) is 0 Å². The molecular formula is C36H28N2. The normalized spacial score (nSPS) is 15.1. The number of fused-ring (bicyclic) bond motifs is 1. The molecule has 0 aromatic heterocycles. The maximum Gasteiger partial charge on any atom is 0.0540 e. The van der Waals surface area contributed by atoms with Crippen LogP contribution in [0.4, 0.5) is 17.1 Å². The van der Waals surface area contributed by atoms with Crippen molar-refractivity contribution in [2.24, 2.45) is 0 Å². The third-order valence-electron chi connectivity index (χ3n) is 6.98. The van der Waals surface area contributed by atoms with E-state index < -0.39 is 0 Å². The van der Waals surface area contributed by atoms with Gasteiger partial charge < -0.3 is 10.3 Å². The van der Waals surface area contributed by atoms with E-state index in [2.05, 4.69) is 126 Å². The molecule has 1 aliphatic carbocycles. The van der Waals surface area contributed by atoms with Crippen molar-refractivity contribution in [1.29, 1.82) is 5.41 Å². The molecule has 0 saturated carbocycles. The third-order valence-corrected chi connectivity index (χ3v) is 6.98. The average molecular weight is 489 g/mol. The Morgan fingerprint density at radius 1 is 0.605 bits per heavy atom. The predicted molar refractivity (Wildman–Crippen MR) is 162 cm³/mol. The standard InChI is InChI=1S/C36H28N2/c37-34-19-9-15-29(22-21-27-11-3-1-4-12-27)36(34)30-23-25-32(26-24-30)38(31-16-5-2-6-17-31)35-20-10-14-28-13-7-8-18-33(28)35/h1-26,36-37H. The molecule has 0 amide bonds. The Hall–Kier alpha value is -4.95. The summed E-state index contributed by atoms with van der Waals surface area (Å²) in [6.07, 6.45) is 10.2. The number of nitrogens with one attached hydrogen (secondary N) is 1. The van der Waals surface area contributed by atoms with E-state index in [-0.39, 0.29) is 5.92 Å². The molecule has 1 unspecified atom stereocenters. The van der Waals surface area contributed by atoms with Crippen molar-refractivity contribution >= 4 is 39.6 Å². The second kappa shape index (κ2) is 10.6. The molecule has 5 aromatic carbocycles. The second-order valence-electron chi connectivity index (χ2n) is 9.42. The van der Waals surface area contributed by atoms with Crippen LogP contribution in [0.1, 0.15) is 17.0 Å². The van der Waals surface area contributed by atoms with E-state index in [0.717, 1.165) is 33.8 Å². The fourth-order valence-electron chi connectivity index (χ4n) is 5.14. The molecule has 6 rings (SSSR count). The van der Waals surface area contributed by atoms with Gasteiger partial charge >= 0.3 is 0 Å². The topological polar surface area (TPSA) is 27.1 Å². The highest BCUT2D eigenvalue weighted by molar-refractivity contribution is 6.02. The molecule has 5 aromatic rings. The van der Waals surface area contributed by atoms with Crippen LogP contribution in [0.5, 0.6) is 0 Å². The molecule has 1 aliphatic rings. The summed E-state index contributed by atoms with van der Waals surface area (Å²) in [4.78, 5) is 2.31. The zero-order chi connectivity index (χ0) is 25.7. The van der Waals surface area contributed by atoms with Crippen LogP contribution in [-0.4, -0.2) is 5.71 Å². The molecule has 0 bridgehead atoms. The lowest BCUT2D eigenvalue weighted by atomic mass is 9.83. The van der Waals surface area contributed by atoms with Crippen molar-refractivity contribution in [1.82, 2.24) is 0 Å². The van der Waals surface area contributed by atoms with Crippen LogP contribution in [0.15, 0.2) is 157 Å². The van der Waals surface area contributed by atoms with E-state index in [9.17, 15) is 0 Å². The van der Waals surface area contributed by atoms with Gasteiger partial charge in [-0.25, -0.2) is 0 Å². The molecule has 0 heterocycles. The molecule has 38 heavy (non-hydrogen) atoms. The fourth-order valence-corrected chi connectivity index (χ4v) is 5.14. The van der Waals surface area contributed by atoms with E-state index in [0.29, 0.717) is 5.71 Å². The largest absolute Gasteiger partial charge is 0.310 e. The van der Waals surface area contributed by atoms with Crippen molar-refractivity contribution in [2.45, 2.75) is 5.92 Å². The van der Waals surface area contributed by atoms with Gasteiger partial charge in [0.2, 0.25) is 0 Å². The first-order valence-electron chi connectivity index (χ1n) is 12.9. The summed E-state index contributed by atoms with van der Waals surface area (Å²) in [6, 6.07) is 44.4. The van der Waals surface area contributed by atoms with E-state index in [1.165, 1.54) is 10.8 Å². The molecule has 0 saturated heterocycles. The number of hydrogen-bond acceptors (Lipinski definition) is 2. The van der Waals surface area contributed by atoms with Gasteiger partial charge in [0, 0.05) is 22.5 Å². The van der Waals surface area contributed by atoms with Crippen molar-refractivity contribution in [2.75, 3.05) is 4.90 Å². The lowest BCUT2D eigenvalue weighted by Gasteiger charge is -2.28. The molecule has 0 spiro atoms. The third kappa shape index (κ3) is 4.72. The Bertz CT molecular complexity index is 1650. The molecule has 1 atom stereocenters. The minimum Gasteiger partial charge on any atom is -0.310 e. The molecule has 1 N–H and O–H groups in total. The molecule has 0 aliphatic heterocycles. The Labute approximate surface area is 224 Å². The average Bonchev–Trinajstić information content (AvgIpc) is 2.98. The highest BCUT2D eigenvalue weighted by atomic mass is 15.1. The monoisotopic (exact) mass is 488 g/mol. The summed E-state index contributed by atoms with van der Waals surface area (Å²) >= 11 is 0. The van der Waals surface area contributed by atoms with Gasteiger partial charge in [-0.2, -0.15) is 0 Å². The number of allylic oxidation sites excluding steroid dienone is 5. The first-order valence-corrected chi connectivity index (χ1v) is 12.9. The number of para-hydroxylation sites is 1. The summed E-state index contributed by atoms with van der Waals surface area (Å²) in [5, 5.41) is 11.1. The maximum absolute atomic E-state index is 8.72. The number of nitrogens with zero attached hydrogens (tertiary/aromatic N) is 1. The van der Waals surface area contributed by atoms with E-state index in [1.807, 2.05) is 36.4 Å². The molecular weight excluding hydrogens is 460 g/mol. The highest BCUT2D eigenvalue weighted by Gasteiger charge is 2.22. The summed E-state index contributed by atoms with van der Waals surface area (Å²) in [5.41, 5.74) is 7.30. The lowest BCUT2D eigenvalue weighted by Crippen LogP contribution is -2.14. The summed E-state index contributed by atoms with van der Waals surface area (Å²) < 4.78 is 0. The van der Waals surface area contributed by atoms with Crippen LogP contribution in [0.2, 0.25) is 0 Å². The minimum atomic E-state index is -0.100. The molecule has 182 valence electrons. The van der Waals surface area contributed by atoms with E-state index in [4.69, 9.17) is 5.41 Å². The van der Waals surface area contributed by atoms with Gasteiger partial charge in [-0.3, -0.25) is 0 Å². The summed E-state index contributed by atoms with van der Waals surface area (Å²) in [6.45, 7) is 0. The van der Waals surface area contributed by atoms with Crippen LogP contribution < -0.4 is 4.90 Å². The van der Waals surface area contributed by atoms with E-state index >= 15 is 0 Å². The minimum absolute atomic E-state index is 0.100. The number of benzene rings is 5. The number of rotatable bonds is 6. The van der Waals surface area contributed by atoms with Gasteiger partial charge in [0.05, 0.1) is 11.6 Å². The quantitative estimate of drug-likeness (QED) is 0.253. The Morgan fingerprint density at radius 3 is 2.05 bits per heavy atom. The first-order chi connectivity index (χ1) is 18.8. The molecule has 2 heteroatoms. The van der Waals surface area contributed by atoms with Crippen LogP contribution in [-0.2, 0) is 0 Å². The van der Waals surface area contributed by atoms with Crippen LogP contribution in [0.3, 0.4) is 0 Å². The predicted octanol–water partition coefficient (Wildman–Crippen LogP) is 9.62. The number of anilines is 3. The van der Waals surface area contributed by atoms with Gasteiger partial charge in [0.1, 0.15) is 0 Å². The van der Waals surface area contributed by atoms with Crippen molar-refractivity contribution in [3.63, 3.8) is 0 Å². The Morgan fingerprint density at radius 2 is 1.26 bits per heavy atom. The zero-order valence-electron chi connectivity index (χ0n) is 21.0. The van der Waals surface area contributed by atoms with Crippen molar-refractivity contribution in [3.05, 3.63) is 168 Å². The van der Waals surface area contributed by atoms with E-state index in [1.54, 1.807) is 0 Å². The Kier molecular flexibility index (Phi) is 6.53. The van der Waals surface area contributed by atoms with Gasteiger partial charge in [0.15, 0.2) is 0 Å². The molecule has 2 nitrogen and oxygen atoms in total. The van der Waals surface area contributed by atoms with Crippen LogP contribution >= 0.6 is 0 Å². The first kappa shape index (κ1) is 23.4. The zero-order valence-corrected chi connectivity index (χ0v) is 21.0. The molecule has 0 fully saturated rings. The summed E-state index contributed by atoms with van der Waals surface area (Å²) in [7, 11) is 0. The van der Waals surface area contributed by atoms with Gasteiger partial charge in [-0.15, -0.1) is 0 Å². The summed E-state index contributed by atoms with van der Waals surface area (Å²) in [5.74, 6) is -0.100. The lowest BCUT2D eigenvalue weighted by molar-refractivity contribution is 1.06. The highest BCUT2D eigenvalue weighted by Crippen LogP contribution is 2.40. The van der Waals surface area contributed by atoms with Gasteiger partial charge in [-0.1, -0.05) is 121 Å². The fraction of sp³-hybridized carbons (Fsp3) is 0.0278. The van der Waals surface area contributed by atoms with Crippen LogP contribution in [0, 0.1) is 5.41 Å². The maximum atomic E-state index is 8.72. The SMILES string of the molecule is N=C1C=CC=C(C=Cc2ccccc2)C1c1ccc(N(c2ccccc2)c2cccc3ccccc23)cc1. The van der Waals surface area contributed by atoms with Gasteiger partial charge in [-0.05, 0) is 58.5 Å². The van der Waals surface area contributed by atoms with Gasteiger partial charge in [0.25, 0.3) is 0 Å². The van der Waals surface area contributed by atoms with Crippen LogP contribution in [0.25, 0.3) is 16.8 Å². The van der Waals surface area contributed by atoms with Crippen molar-refractivity contribution < 1.29 is 0 Å². The molecule has 0 radical (unpaired) electrons. The number of hydrogen-bond donors (Lipinski definition) is 1. The smallest absolute Gasteiger partial charge is 0.0540 e.